The second kappa shape index (κ2) is 4.41. The van der Waals surface area contributed by atoms with Gasteiger partial charge < -0.3 is 4.90 Å². The fourth-order valence-electron chi connectivity index (χ4n) is 1.84. The Morgan fingerprint density at radius 2 is 2.19 bits per heavy atom. The van der Waals surface area contributed by atoms with Gasteiger partial charge in [-0.25, -0.2) is 8.78 Å². The van der Waals surface area contributed by atoms with E-state index in [4.69, 9.17) is 0 Å². The second-order valence-corrected chi connectivity index (χ2v) is 4.20. The van der Waals surface area contributed by atoms with Crippen LogP contribution in [0.3, 0.4) is 0 Å². The highest BCUT2D eigenvalue weighted by atomic mass is 32.1. The molecule has 1 aromatic carbocycles. The molecule has 86 valence electrons. The summed E-state index contributed by atoms with van der Waals surface area (Å²) >= 11 is 4.11. The molecule has 1 aromatic rings. The summed E-state index contributed by atoms with van der Waals surface area (Å²) in [7, 11) is 0. The number of amides is 1. The van der Waals surface area contributed by atoms with Crippen molar-refractivity contribution in [2.45, 2.75) is 6.42 Å². The predicted molar refractivity (Wildman–Crippen MR) is 60.7 cm³/mol. The number of nitrogens with zero attached hydrogens (tertiary/aromatic N) is 1. The third kappa shape index (κ3) is 1.91. The van der Waals surface area contributed by atoms with Gasteiger partial charge in [0.05, 0.1) is 5.69 Å². The van der Waals surface area contributed by atoms with Gasteiger partial charge in [-0.05, 0) is 23.8 Å². The number of halogens is 2. The lowest BCUT2D eigenvalue weighted by atomic mass is 10.1. The molecule has 0 saturated carbocycles. The number of carbonyl (C=O) groups excluding carboxylic acids is 1. The zero-order chi connectivity index (χ0) is 11.7. The van der Waals surface area contributed by atoms with Crippen LogP contribution in [0.5, 0.6) is 0 Å². The molecule has 1 amide bonds. The standard InChI is InChI=1S/C11H11F2NOS/c12-8-2-1-3-9(11(8)13)14-5-7(6-16)4-10(14)15/h1-3,7,16H,4-6H2. The van der Waals surface area contributed by atoms with Crippen molar-refractivity contribution in [1.29, 1.82) is 0 Å². The first-order valence-corrected chi connectivity index (χ1v) is 5.62. The summed E-state index contributed by atoms with van der Waals surface area (Å²) < 4.78 is 26.5. The zero-order valence-corrected chi connectivity index (χ0v) is 9.38. The molecule has 2 nitrogen and oxygen atoms in total. The summed E-state index contributed by atoms with van der Waals surface area (Å²) in [5.41, 5.74) is 0.0225. The maximum absolute atomic E-state index is 13.5. The monoisotopic (exact) mass is 243 g/mol. The fourth-order valence-corrected chi connectivity index (χ4v) is 2.08. The Balaban J connectivity index is 2.31. The predicted octanol–water partition coefficient (Wildman–Crippen LogP) is 2.25. The van der Waals surface area contributed by atoms with Crippen molar-refractivity contribution in [2.24, 2.45) is 5.92 Å². The van der Waals surface area contributed by atoms with Crippen molar-refractivity contribution in [3.63, 3.8) is 0 Å². The Labute approximate surface area is 97.7 Å². The van der Waals surface area contributed by atoms with Crippen LogP contribution in [0.4, 0.5) is 14.5 Å². The summed E-state index contributed by atoms with van der Waals surface area (Å²) in [5, 5.41) is 0. The van der Waals surface area contributed by atoms with E-state index in [1.54, 1.807) is 0 Å². The smallest absolute Gasteiger partial charge is 0.227 e. The Hall–Kier alpha value is -1.10. The molecule has 0 radical (unpaired) electrons. The van der Waals surface area contributed by atoms with E-state index in [0.717, 1.165) is 6.07 Å². The summed E-state index contributed by atoms with van der Waals surface area (Å²) in [6.45, 7) is 0.405. The van der Waals surface area contributed by atoms with Crippen LogP contribution in [0.2, 0.25) is 0 Å². The van der Waals surface area contributed by atoms with Crippen molar-refractivity contribution in [2.75, 3.05) is 17.2 Å². The maximum atomic E-state index is 13.5. The fraction of sp³-hybridized carbons (Fsp3) is 0.364. The Kier molecular flexibility index (Phi) is 3.14. The van der Waals surface area contributed by atoms with Gasteiger partial charge in [0.2, 0.25) is 5.91 Å². The van der Waals surface area contributed by atoms with Gasteiger partial charge in [0.25, 0.3) is 0 Å². The average molecular weight is 243 g/mol. The van der Waals surface area contributed by atoms with Crippen LogP contribution < -0.4 is 4.90 Å². The van der Waals surface area contributed by atoms with Crippen LogP contribution in [-0.4, -0.2) is 18.2 Å². The van der Waals surface area contributed by atoms with E-state index in [9.17, 15) is 13.6 Å². The van der Waals surface area contributed by atoms with E-state index < -0.39 is 11.6 Å². The average Bonchev–Trinajstić information content (AvgIpc) is 2.64. The van der Waals surface area contributed by atoms with Crippen LogP contribution >= 0.6 is 12.6 Å². The number of thiol groups is 1. The topological polar surface area (TPSA) is 20.3 Å². The van der Waals surface area contributed by atoms with Crippen LogP contribution in [0, 0.1) is 17.6 Å². The quantitative estimate of drug-likeness (QED) is 0.790. The van der Waals surface area contributed by atoms with Gasteiger partial charge in [-0.2, -0.15) is 12.6 Å². The Morgan fingerprint density at radius 1 is 1.44 bits per heavy atom. The van der Waals surface area contributed by atoms with Gasteiger partial charge in [-0.15, -0.1) is 0 Å². The van der Waals surface area contributed by atoms with Crippen LogP contribution in [0.1, 0.15) is 6.42 Å². The lowest BCUT2D eigenvalue weighted by molar-refractivity contribution is -0.117. The summed E-state index contributed by atoms with van der Waals surface area (Å²) in [6, 6.07) is 3.85. The lowest BCUT2D eigenvalue weighted by Crippen LogP contribution is -2.26. The molecule has 16 heavy (non-hydrogen) atoms. The minimum atomic E-state index is -0.962. The van der Waals surface area contributed by atoms with Crippen molar-refractivity contribution >= 4 is 24.2 Å². The number of anilines is 1. The molecule has 1 aliphatic heterocycles. The van der Waals surface area contributed by atoms with Crippen LogP contribution in [-0.2, 0) is 4.79 Å². The van der Waals surface area contributed by atoms with Gasteiger partial charge in [-0.1, -0.05) is 6.07 Å². The van der Waals surface area contributed by atoms with E-state index in [0.29, 0.717) is 18.7 Å². The molecule has 5 heteroatoms. The molecule has 1 aliphatic rings. The second-order valence-electron chi connectivity index (χ2n) is 3.83. The SMILES string of the molecule is O=C1CC(CS)CN1c1cccc(F)c1F. The molecule has 0 N–H and O–H groups in total. The maximum Gasteiger partial charge on any atom is 0.227 e. The van der Waals surface area contributed by atoms with Crippen LogP contribution in [0.25, 0.3) is 0 Å². The first-order chi connectivity index (χ1) is 7.63. The molecular formula is C11H11F2NOS. The van der Waals surface area contributed by atoms with E-state index in [-0.39, 0.29) is 17.5 Å². The number of benzene rings is 1. The molecule has 0 bridgehead atoms. The first kappa shape index (κ1) is 11.4. The number of carbonyl (C=O) groups is 1. The third-order valence-corrected chi connectivity index (χ3v) is 3.20. The molecule has 0 aromatic heterocycles. The summed E-state index contributed by atoms with van der Waals surface area (Å²) in [4.78, 5) is 12.9. The van der Waals surface area contributed by atoms with Gasteiger partial charge in [0, 0.05) is 13.0 Å². The third-order valence-electron chi connectivity index (χ3n) is 2.69. The molecule has 1 unspecified atom stereocenters. The van der Waals surface area contributed by atoms with Gasteiger partial charge >= 0.3 is 0 Å². The van der Waals surface area contributed by atoms with E-state index in [1.807, 2.05) is 0 Å². The Morgan fingerprint density at radius 3 is 2.81 bits per heavy atom. The van der Waals surface area contributed by atoms with Gasteiger partial charge in [0.15, 0.2) is 11.6 Å². The number of rotatable bonds is 2. The van der Waals surface area contributed by atoms with Crippen molar-refractivity contribution in [1.82, 2.24) is 0 Å². The molecule has 0 spiro atoms. The number of hydrogen-bond donors (Lipinski definition) is 1. The highest BCUT2D eigenvalue weighted by Gasteiger charge is 2.31. The molecule has 1 heterocycles. The molecular weight excluding hydrogens is 232 g/mol. The Bertz CT molecular complexity index is 424. The molecule has 1 saturated heterocycles. The van der Waals surface area contributed by atoms with Crippen LogP contribution in [0.15, 0.2) is 18.2 Å². The summed E-state index contributed by atoms with van der Waals surface area (Å²) in [5.74, 6) is -1.39. The molecule has 0 aliphatic carbocycles. The molecule has 1 fully saturated rings. The van der Waals surface area contributed by atoms with Crippen molar-refractivity contribution in [3.8, 4) is 0 Å². The highest BCUT2D eigenvalue weighted by Crippen LogP contribution is 2.28. The van der Waals surface area contributed by atoms with Gasteiger partial charge in [0.1, 0.15) is 0 Å². The minimum absolute atomic E-state index is 0.0225. The van der Waals surface area contributed by atoms with Crippen molar-refractivity contribution < 1.29 is 13.6 Å². The van der Waals surface area contributed by atoms with E-state index in [2.05, 4.69) is 12.6 Å². The lowest BCUT2D eigenvalue weighted by Gasteiger charge is -2.17. The van der Waals surface area contributed by atoms with Crippen molar-refractivity contribution in [3.05, 3.63) is 29.8 Å². The minimum Gasteiger partial charge on any atom is -0.309 e. The van der Waals surface area contributed by atoms with E-state index >= 15 is 0 Å². The molecule has 1 atom stereocenters. The van der Waals surface area contributed by atoms with Gasteiger partial charge in [-0.3, -0.25) is 4.79 Å². The largest absolute Gasteiger partial charge is 0.309 e. The normalized spacial score (nSPS) is 20.6. The summed E-state index contributed by atoms with van der Waals surface area (Å²) in [6.07, 6.45) is 0.347. The zero-order valence-electron chi connectivity index (χ0n) is 8.49. The van der Waals surface area contributed by atoms with E-state index in [1.165, 1.54) is 17.0 Å². The number of hydrogen-bond acceptors (Lipinski definition) is 2. The highest BCUT2D eigenvalue weighted by molar-refractivity contribution is 7.80. The molecule has 2 rings (SSSR count). The first-order valence-electron chi connectivity index (χ1n) is 4.98.